The number of hydrogen-bond acceptors (Lipinski definition) is 3. The Hall–Kier alpha value is -3.41. The number of benzene rings is 1. The summed E-state index contributed by atoms with van der Waals surface area (Å²) in [7, 11) is 0. The molecule has 0 bridgehead atoms. The van der Waals surface area contributed by atoms with Crippen molar-refractivity contribution in [3.05, 3.63) is 78.3 Å². The minimum Gasteiger partial charge on any atom is -0.350 e. The van der Waals surface area contributed by atoms with Gasteiger partial charge in [0.05, 0.1) is 12.2 Å². The molecule has 0 aliphatic carbocycles. The van der Waals surface area contributed by atoms with E-state index >= 15 is 0 Å². The highest BCUT2D eigenvalue weighted by Gasteiger charge is 2.26. The van der Waals surface area contributed by atoms with Crippen LogP contribution in [0.5, 0.6) is 0 Å². The van der Waals surface area contributed by atoms with Crippen molar-refractivity contribution in [2.24, 2.45) is 5.92 Å². The highest BCUT2D eigenvalue weighted by Crippen LogP contribution is 2.18. The molecule has 0 radical (unpaired) electrons. The van der Waals surface area contributed by atoms with Crippen molar-refractivity contribution in [1.29, 1.82) is 0 Å². The van der Waals surface area contributed by atoms with Gasteiger partial charge in [-0.15, -0.1) is 0 Å². The molecule has 1 N–H and O–H groups in total. The molecule has 2 aromatic heterocycles. The van der Waals surface area contributed by atoms with Crippen LogP contribution in [0.4, 0.5) is 0 Å². The van der Waals surface area contributed by atoms with Crippen molar-refractivity contribution in [2.45, 2.75) is 19.4 Å². The third-order valence-corrected chi connectivity index (χ3v) is 5.25. The molecule has 1 aliphatic heterocycles. The van der Waals surface area contributed by atoms with E-state index in [0.29, 0.717) is 32.5 Å². The maximum atomic E-state index is 12.5. The molecule has 148 valence electrons. The summed E-state index contributed by atoms with van der Waals surface area (Å²) in [6.07, 6.45) is 8.67. The number of fused-ring (bicyclic) bond motifs is 1. The van der Waals surface area contributed by atoms with Crippen molar-refractivity contribution < 1.29 is 9.59 Å². The van der Waals surface area contributed by atoms with Crippen LogP contribution >= 0.6 is 0 Å². The molecule has 3 aromatic rings. The smallest absolute Gasteiger partial charge is 0.246 e. The van der Waals surface area contributed by atoms with Crippen LogP contribution in [0, 0.1) is 5.92 Å². The van der Waals surface area contributed by atoms with E-state index in [9.17, 15) is 9.59 Å². The molecule has 1 fully saturated rings. The van der Waals surface area contributed by atoms with Crippen LogP contribution in [0.1, 0.15) is 24.1 Å². The number of nitrogens with one attached hydrogen (secondary N) is 1. The molecule has 6 nitrogen and oxygen atoms in total. The van der Waals surface area contributed by atoms with E-state index in [1.54, 1.807) is 6.08 Å². The van der Waals surface area contributed by atoms with E-state index in [4.69, 9.17) is 0 Å². The van der Waals surface area contributed by atoms with Crippen LogP contribution in [0.3, 0.4) is 0 Å². The van der Waals surface area contributed by atoms with Crippen LogP contribution in [0.15, 0.2) is 67.0 Å². The fourth-order valence-corrected chi connectivity index (χ4v) is 3.59. The maximum absolute atomic E-state index is 12.5. The molecule has 1 aliphatic rings. The van der Waals surface area contributed by atoms with Crippen LogP contribution in [0.25, 0.3) is 11.7 Å². The number of piperidine rings is 1. The molecule has 4 rings (SSSR count). The average molecular weight is 388 g/mol. The van der Waals surface area contributed by atoms with Gasteiger partial charge in [0.2, 0.25) is 11.8 Å². The molecular weight excluding hydrogens is 364 g/mol. The van der Waals surface area contributed by atoms with Crippen LogP contribution in [0.2, 0.25) is 0 Å². The Kier molecular flexibility index (Phi) is 5.70. The number of imidazole rings is 1. The lowest BCUT2D eigenvalue weighted by Gasteiger charge is -2.30. The first-order chi connectivity index (χ1) is 14.2. The predicted molar refractivity (Wildman–Crippen MR) is 112 cm³/mol. The molecule has 0 saturated carbocycles. The van der Waals surface area contributed by atoms with Crippen molar-refractivity contribution in [3.8, 4) is 0 Å². The molecule has 0 unspecified atom stereocenters. The largest absolute Gasteiger partial charge is 0.350 e. The fraction of sp³-hybridized carbons (Fsp3) is 0.261. The third-order valence-electron chi connectivity index (χ3n) is 5.25. The lowest BCUT2D eigenvalue weighted by atomic mass is 9.96. The first-order valence-corrected chi connectivity index (χ1v) is 9.91. The van der Waals surface area contributed by atoms with E-state index in [1.807, 2.05) is 76.3 Å². The number of hydrogen-bond donors (Lipinski definition) is 1. The summed E-state index contributed by atoms with van der Waals surface area (Å²) in [6.45, 7) is 1.62. The van der Waals surface area contributed by atoms with Crippen LogP contribution < -0.4 is 5.32 Å². The van der Waals surface area contributed by atoms with Gasteiger partial charge in [-0.2, -0.15) is 0 Å². The van der Waals surface area contributed by atoms with Gasteiger partial charge in [-0.05, 0) is 36.6 Å². The monoisotopic (exact) mass is 388 g/mol. The first-order valence-electron chi connectivity index (χ1n) is 9.91. The number of carbonyl (C=O) groups excluding carboxylic acids is 2. The van der Waals surface area contributed by atoms with Gasteiger partial charge < -0.3 is 14.6 Å². The summed E-state index contributed by atoms with van der Waals surface area (Å²) < 4.78 is 1.94. The Morgan fingerprint density at radius 1 is 1.07 bits per heavy atom. The van der Waals surface area contributed by atoms with Gasteiger partial charge in [-0.3, -0.25) is 9.59 Å². The lowest BCUT2D eigenvalue weighted by molar-refractivity contribution is -0.132. The topological polar surface area (TPSA) is 66.7 Å². The van der Waals surface area contributed by atoms with Crippen molar-refractivity contribution >= 4 is 23.5 Å². The van der Waals surface area contributed by atoms with E-state index in [2.05, 4.69) is 10.3 Å². The Labute approximate surface area is 169 Å². The van der Waals surface area contributed by atoms with Gasteiger partial charge in [0.15, 0.2) is 0 Å². The standard InChI is InChI=1S/C23H24N4O2/c28-22(10-9-18-6-2-1-3-7-18)26-14-11-19(12-15-26)23(29)24-16-20-17-27-13-5-4-8-21(27)25-20/h1-10,13,17,19H,11-12,14-16H2,(H,24,29)/b10-9+. The Morgan fingerprint density at radius 2 is 1.83 bits per heavy atom. The number of likely N-dealkylation sites (tertiary alicyclic amines) is 1. The van der Waals surface area contributed by atoms with Crippen LogP contribution in [-0.4, -0.2) is 39.2 Å². The van der Waals surface area contributed by atoms with Gasteiger partial charge in [0.1, 0.15) is 5.65 Å². The zero-order valence-corrected chi connectivity index (χ0v) is 16.2. The van der Waals surface area contributed by atoms with E-state index in [0.717, 1.165) is 16.9 Å². The Bertz CT molecular complexity index is 985. The third kappa shape index (κ3) is 4.71. The SMILES string of the molecule is O=C(NCc1cn2ccccc2n1)C1CCN(C(=O)/C=C/c2ccccc2)CC1. The summed E-state index contributed by atoms with van der Waals surface area (Å²) in [5, 5.41) is 2.99. The van der Waals surface area contributed by atoms with E-state index < -0.39 is 0 Å². The zero-order chi connectivity index (χ0) is 20.1. The Morgan fingerprint density at radius 3 is 2.59 bits per heavy atom. The second-order valence-electron chi connectivity index (χ2n) is 7.26. The predicted octanol–water partition coefficient (Wildman–Crippen LogP) is 2.90. The molecule has 0 spiro atoms. The highest BCUT2D eigenvalue weighted by molar-refractivity contribution is 5.92. The second-order valence-corrected chi connectivity index (χ2v) is 7.26. The number of aromatic nitrogens is 2. The van der Waals surface area contributed by atoms with Gasteiger partial charge in [0.25, 0.3) is 0 Å². The average Bonchev–Trinajstić information content (AvgIpc) is 3.20. The van der Waals surface area contributed by atoms with Gasteiger partial charge in [0, 0.05) is 37.5 Å². The summed E-state index contributed by atoms with van der Waals surface area (Å²) in [6, 6.07) is 15.6. The van der Waals surface area contributed by atoms with E-state index in [1.165, 1.54) is 0 Å². The van der Waals surface area contributed by atoms with Gasteiger partial charge >= 0.3 is 0 Å². The number of rotatable bonds is 5. The first kappa shape index (κ1) is 18.9. The molecule has 2 amide bonds. The molecule has 6 heteroatoms. The van der Waals surface area contributed by atoms with Crippen molar-refractivity contribution in [2.75, 3.05) is 13.1 Å². The molecule has 0 atom stereocenters. The molecule has 3 heterocycles. The minimum atomic E-state index is -0.0609. The fourth-order valence-electron chi connectivity index (χ4n) is 3.59. The lowest BCUT2D eigenvalue weighted by Crippen LogP contribution is -2.42. The number of nitrogens with zero attached hydrogens (tertiary/aromatic N) is 3. The van der Waals surface area contributed by atoms with Crippen molar-refractivity contribution in [1.82, 2.24) is 19.6 Å². The quantitative estimate of drug-likeness (QED) is 0.684. The number of carbonyl (C=O) groups is 2. The summed E-state index contributed by atoms with van der Waals surface area (Å²) >= 11 is 0. The zero-order valence-electron chi connectivity index (χ0n) is 16.2. The summed E-state index contributed by atoms with van der Waals surface area (Å²) in [5.74, 6) is -0.0272. The second kappa shape index (κ2) is 8.73. The van der Waals surface area contributed by atoms with Gasteiger partial charge in [-0.25, -0.2) is 4.98 Å². The van der Waals surface area contributed by atoms with E-state index in [-0.39, 0.29) is 17.7 Å². The number of pyridine rings is 1. The molecule has 29 heavy (non-hydrogen) atoms. The highest BCUT2D eigenvalue weighted by atomic mass is 16.2. The van der Waals surface area contributed by atoms with Crippen molar-refractivity contribution in [3.63, 3.8) is 0 Å². The minimum absolute atomic E-state index is 0.00240. The normalized spacial score (nSPS) is 15.1. The summed E-state index contributed by atoms with van der Waals surface area (Å²) in [5.41, 5.74) is 2.71. The molecule has 1 saturated heterocycles. The maximum Gasteiger partial charge on any atom is 0.246 e. The summed E-state index contributed by atoms with van der Waals surface area (Å²) in [4.78, 5) is 31.2. The number of amides is 2. The van der Waals surface area contributed by atoms with Gasteiger partial charge in [-0.1, -0.05) is 36.4 Å². The Balaban J connectivity index is 1.25. The van der Waals surface area contributed by atoms with Crippen LogP contribution in [-0.2, 0) is 16.1 Å². The molecular formula is C23H24N4O2. The molecule has 1 aromatic carbocycles.